The number of hydrogen-bond acceptors (Lipinski definition) is 4. The molecule has 0 radical (unpaired) electrons. The van der Waals surface area contributed by atoms with E-state index in [0.717, 1.165) is 12.1 Å². The average molecular weight is 342 g/mol. The molecule has 1 saturated carbocycles. The van der Waals surface area contributed by atoms with Crippen LogP contribution in [0.5, 0.6) is 0 Å². The number of aryl methyl sites for hydroxylation is 1. The van der Waals surface area contributed by atoms with E-state index in [4.69, 9.17) is 5.11 Å². The van der Waals surface area contributed by atoms with Crippen LogP contribution in [0.3, 0.4) is 0 Å². The Hall–Kier alpha value is -2.34. The molecule has 3 N–H and O–H groups in total. The van der Waals surface area contributed by atoms with Crippen LogP contribution in [-0.4, -0.2) is 40.0 Å². The number of amides is 1. The van der Waals surface area contributed by atoms with Crippen molar-refractivity contribution in [3.05, 3.63) is 47.8 Å². The van der Waals surface area contributed by atoms with Gasteiger partial charge in [0.1, 0.15) is 6.54 Å². The van der Waals surface area contributed by atoms with E-state index in [0.29, 0.717) is 12.0 Å². The molecule has 1 atom stereocenters. The predicted molar refractivity (Wildman–Crippen MR) is 97.3 cm³/mol. The maximum Gasteiger partial charge on any atom is 0.241 e. The van der Waals surface area contributed by atoms with Gasteiger partial charge in [0.25, 0.3) is 0 Å². The third-order valence-electron chi connectivity index (χ3n) is 4.49. The zero-order valence-corrected chi connectivity index (χ0v) is 14.6. The van der Waals surface area contributed by atoms with Gasteiger partial charge in [-0.05, 0) is 37.7 Å². The van der Waals surface area contributed by atoms with Crippen LogP contribution in [-0.2, 0) is 17.8 Å². The zero-order valence-electron chi connectivity index (χ0n) is 14.6. The third-order valence-corrected chi connectivity index (χ3v) is 4.49. The van der Waals surface area contributed by atoms with E-state index < -0.39 is 0 Å². The molecule has 3 rings (SSSR count). The third kappa shape index (κ3) is 5.32. The molecule has 2 aromatic rings. The molecule has 0 spiro atoms. The van der Waals surface area contributed by atoms with E-state index in [1.54, 1.807) is 10.9 Å². The Labute approximate surface area is 148 Å². The molecule has 134 valence electrons. The first kappa shape index (κ1) is 17.5. The molecular formula is C19H26N4O2. The summed E-state index contributed by atoms with van der Waals surface area (Å²) in [6, 6.07) is 9.09. The van der Waals surface area contributed by atoms with Crippen LogP contribution < -0.4 is 10.6 Å². The molecule has 1 heterocycles. The Morgan fingerprint density at radius 2 is 2.12 bits per heavy atom. The maximum absolute atomic E-state index is 11.7. The van der Waals surface area contributed by atoms with Gasteiger partial charge in [-0.15, -0.1) is 0 Å². The second-order valence-corrected chi connectivity index (χ2v) is 6.78. The Balaban J connectivity index is 1.57. The van der Waals surface area contributed by atoms with Crippen LogP contribution in [0.1, 0.15) is 24.0 Å². The summed E-state index contributed by atoms with van der Waals surface area (Å²) in [6.45, 7) is 2.48. The first-order valence-corrected chi connectivity index (χ1v) is 8.86. The first-order valence-electron chi connectivity index (χ1n) is 8.86. The van der Waals surface area contributed by atoms with E-state index in [1.807, 2.05) is 6.20 Å². The van der Waals surface area contributed by atoms with E-state index in [1.165, 1.54) is 24.0 Å². The maximum atomic E-state index is 11.7. The van der Waals surface area contributed by atoms with Gasteiger partial charge in [0, 0.05) is 18.8 Å². The number of benzene rings is 1. The summed E-state index contributed by atoms with van der Waals surface area (Å²) in [5.74, 6) is 0.555. The van der Waals surface area contributed by atoms with Crippen molar-refractivity contribution in [1.82, 2.24) is 15.1 Å². The zero-order chi connectivity index (χ0) is 17.6. The molecule has 6 nitrogen and oxygen atoms in total. The lowest BCUT2D eigenvalue weighted by Crippen LogP contribution is -2.30. The Bertz CT molecular complexity index is 692. The molecule has 25 heavy (non-hydrogen) atoms. The van der Waals surface area contributed by atoms with Gasteiger partial charge in [0.05, 0.1) is 18.5 Å². The summed E-state index contributed by atoms with van der Waals surface area (Å²) < 4.78 is 1.62. The fraction of sp³-hybridized carbons (Fsp3) is 0.474. The Kier molecular flexibility index (Phi) is 5.71. The van der Waals surface area contributed by atoms with Crippen molar-refractivity contribution in [2.75, 3.05) is 18.5 Å². The predicted octanol–water partition coefficient (Wildman–Crippen LogP) is 1.73. The lowest BCUT2D eigenvalue weighted by molar-refractivity contribution is -0.122. The van der Waals surface area contributed by atoms with Crippen LogP contribution in [0.4, 0.5) is 5.69 Å². The highest BCUT2D eigenvalue weighted by atomic mass is 16.3. The van der Waals surface area contributed by atoms with Crippen LogP contribution in [0, 0.1) is 12.8 Å². The number of carbonyl (C=O) groups is 1. The molecule has 1 unspecified atom stereocenters. The average Bonchev–Trinajstić information content (AvgIpc) is 3.36. The van der Waals surface area contributed by atoms with Gasteiger partial charge in [-0.3, -0.25) is 9.48 Å². The Morgan fingerprint density at radius 1 is 1.36 bits per heavy atom. The van der Waals surface area contributed by atoms with E-state index in [9.17, 15) is 4.79 Å². The van der Waals surface area contributed by atoms with Crippen molar-refractivity contribution in [3.63, 3.8) is 0 Å². The second-order valence-electron chi connectivity index (χ2n) is 6.78. The number of nitrogens with zero attached hydrogens (tertiary/aromatic N) is 2. The minimum atomic E-state index is -0.151. The van der Waals surface area contributed by atoms with E-state index >= 15 is 0 Å². The molecule has 1 amide bonds. The van der Waals surface area contributed by atoms with Crippen LogP contribution in [0.15, 0.2) is 36.7 Å². The monoisotopic (exact) mass is 342 g/mol. The fourth-order valence-corrected chi connectivity index (χ4v) is 2.95. The molecule has 1 aromatic heterocycles. The Morgan fingerprint density at radius 3 is 2.80 bits per heavy atom. The number of aliphatic hydroxyl groups excluding tert-OH is 1. The van der Waals surface area contributed by atoms with Gasteiger partial charge in [0.15, 0.2) is 0 Å². The molecule has 0 bridgehead atoms. The molecule has 0 aliphatic heterocycles. The smallest absolute Gasteiger partial charge is 0.241 e. The number of rotatable bonds is 9. The van der Waals surface area contributed by atoms with E-state index in [2.05, 4.69) is 46.9 Å². The molecule has 1 aromatic carbocycles. The van der Waals surface area contributed by atoms with Crippen molar-refractivity contribution >= 4 is 11.6 Å². The van der Waals surface area contributed by atoms with Crippen LogP contribution >= 0.6 is 0 Å². The molecular weight excluding hydrogens is 316 g/mol. The standard InChI is InChI=1S/C19H26N4O2/c1-14-2-4-15(5-3-14)10-18(16-6-7-16)22-17-11-21-23(12-17)13-19(25)20-8-9-24/h2-5,11-12,16,18,22,24H,6-10,13H2,1H3,(H,20,25). The SMILES string of the molecule is Cc1ccc(CC(Nc2cnn(CC(=O)NCCO)c2)C2CC2)cc1. The summed E-state index contributed by atoms with van der Waals surface area (Å²) in [7, 11) is 0. The van der Waals surface area contributed by atoms with Gasteiger partial charge in [-0.1, -0.05) is 29.8 Å². The number of hydrogen-bond donors (Lipinski definition) is 3. The number of nitrogens with one attached hydrogen (secondary N) is 2. The molecule has 1 aliphatic carbocycles. The lowest BCUT2D eigenvalue weighted by Gasteiger charge is -2.18. The molecule has 0 saturated heterocycles. The quantitative estimate of drug-likeness (QED) is 0.648. The van der Waals surface area contributed by atoms with E-state index in [-0.39, 0.29) is 25.6 Å². The number of anilines is 1. The van der Waals surface area contributed by atoms with Crippen molar-refractivity contribution in [2.24, 2.45) is 5.92 Å². The van der Waals surface area contributed by atoms with Gasteiger partial charge in [-0.2, -0.15) is 5.10 Å². The van der Waals surface area contributed by atoms with Crippen molar-refractivity contribution in [2.45, 2.75) is 38.8 Å². The summed E-state index contributed by atoms with van der Waals surface area (Å²) in [4.78, 5) is 11.7. The van der Waals surface area contributed by atoms with Crippen LogP contribution in [0.25, 0.3) is 0 Å². The molecule has 1 fully saturated rings. The van der Waals surface area contributed by atoms with Crippen molar-refractivity contribution in [1.29, 1.82) is 0 Å². The highest BCUT2D eigenvalue weighted by molar-refractivity contribution is 5.75. The topological polar surface area (TPSA) is 79.2 Å². The minimum Gasteiger partial charge on any atom is -0.395 e. The molecule has 6 heteroatoms. The number of aromatic nitrogens is 2. The lowest BCUT2D eigenvalue weighted by atomic mass is 10.0. The summed E-state index contributed by atoms with van der Waals surface area (Å²) >= 11 is 0. The summed E-state index contributed by atoms with van der Waals surface area (Å²) in [6.07, 6.45) is 7.16. The first-order chi connectivity index (χ1) is 12.1. The van der Waals surface area contributed by atoms with Crippen molar-refractivity contribution < 1.29 is 9.90 Å². The highest BCUT2D eigenvalue weighted by Gasteiger charge is 2.31. The summed E-state index contributed by atoms with van der Waals surface area (Å²) in [5, 5.41) is 19.2. The van der Waals surface area contributed by atoms with Crippen molar-refractivity contribution in [3.8, 4) is 0 Å². The number of carbonyl (C=O) groups excluding carboxylic acids is 1. The number of aliphatic hydroxyl groups is 1. The van der Waals surface area contributed by atoms with Gasteiger partial charge in [-0.25, -0.2) is 0 Å². The largest absolute Gasteiger partial charge is 0.395 e. The van der Waals surface area contributed by atoms with Gasteiger partial charge >= 0.3 is 0 Å². The van der Waals surface area contributed by atoms with Gasteiger partial charge in [0.2, 0.25) is 5.91 Å². The summed E-state index contributed by atoms with van der Waals surface area (Å²) in [5.41, 5.74) is 3.56. The highest BCUT2D eigenvalue weighted by Crippen LogP contribution is 2.35. The van der Waals surface area contributed by atoms with Crippen LogP contribution in [0.2, 0.25) is 0 Å². The fourth-order valence-electron chi connectivity index (χ4n) is 2.95. The second kappa shape index (κ2) is 8.16. The normalized spacial score (nSPS) is 15.0. The van der Waals surface area contributed by atoms with Gasteiger partial charge < -0.3 is 15.7 Å². The minimum absolute atomic E-state index is 0.0558. The molecule has 1 aliphatic rings.